The third kappa shape index (κ3) is 5.45. The topological polar surface area (TPSA) is 51.2 Å². The van der Waals surface area contributed by atoms with Crippen LogP contribution in [0.1, 0.15) is 59.2 Å². The summed E-state index contributed by atoms with van der Waals surface area (Å²) in [5.74, 6) is 0.665. The quantitative estimate of drug-likeness (QED) is 0.533. The van der Waals surface area contributed by atoms with E-state index in [1.165, 1.54) is 22.5 Å². The number of hydrogen-bond donors (Lipinski definition) is 1. The molecule has 0 aliphatic carbocycles. The van der Waals surface area contributed by atoms with Crippen LogP contribution in [0.5, 0.6) is 5.75 Å². The highest BCUT2D eigenvalue weighted by Gasteiger charge is 2.16. The molecule has 0 saturated heterocycles. The van der Waals surface area contributed by atoms with Crippen molar-refractivity contribution in [3.05, 3.63) is 75.2 Å². The van der Waals surface area contributed by atoms with E-state index in [9.17, 15) is 4.79 Å². The minimum atomic E-state index is -0.134. The molecule has 0 atom stereocenters. The number of nitrogens with zero attached hydrogens (tertiary/aromatic N) is 1. The maximum atomic E-state index is 12.6. The summed E-state index contributed by atoms with van der Waals surface area (Å²) in [5.41, 5.74) is 4.13. The van der Waals surface area contributed by atoms with Gasteiger partial charge in [-0.05, 0) is 54.2 Å². The summed E-state index contributed by atoms with van der Waals surface area (Å²) in [5, 5.41) is 3.73. The third-order valence-electron chi connectivity index (χ3n) is 4.75. The lowest BCUT2D eigenvalue weighted by Gasteiger charge is -2.19. The Kier molecular flexibility index (Phi) is 6.38. The van der Waals surface area contributed by atoms with Gasteiger partial charge in [-0.25, -0.2) is 4.98 Å². The first-order chi connectivity index (χ1) is 13.8. The van der Waals surface area contributed by atoms with Gasteiger partial charge in [0.2, 0.25) is 0 Å². The number of carbonyl (C=O) groups excluding carboxylic acids is 1. The van der Waals surface area contributed by atoms with Crippen molar-refractivity contribution < 1.29 is 9.53 Å². The Hall–Kier alpha value is -2.66. The molecule has 2 aromatic carbocycles. The smallest absolute Gasteiger partial charge is 0.267 e. The first-order valence-corrected chi connectivity index (χ1v) is 10.7. The van der Waals surface area contributed by atoms with E-state index in [1.807, 2.05) is 43.3 Å². The van der Waals surface area contributed by atoms with Crippen LogP contribution in [0.4, 0.5) is 5.69 Å². The summed E-state index contributed by atoms with van der Waals surface area (Å²) in [7, 11) is 0. The minimum Gasteiger partial charge on any atom is -0.486 e. The molecule has 0 aliphatic heterocycles. The molecule has 0 fully saturated rings. The van der Waals surface area contributed by atoms with Gasteiger partial charge >= 0.3 is 0 Å². The Bertz CT molecular complexity index is 968. The summed E-state index contributed by atoms with van der Waals surface area (Å²) in [6.45, 7) is 10.9. The molecule has 0 aliphatic rings. The van der Waals surface area contributed by atoms with Crippen LogP contribution < -0.4 is 10.1 Å². The lowest BCUT2D eigenvalue weighted by molar-refractivity contribution is 0.103. The van der Waals surface area contributed by atoms with E-state index in [4.69, 9.17) is 4.74 Å². The summed E-state index contributed by atoms with van der Waals surface area (Å²) < 4.78 is 5.87. The van der Waals surface area contributed by atoms with Crippen LogP contribution >= 0.6 is 11.3 Å². The zero-order valence-corrected chi connectivity index (χ0v) is 18.5. The predicted octanol–water partition coefficient (Wildman–Crippen LogP) is 6.14. The summed E-state index contributed by atoms with van der Waals surface area (Å²) >= 11 is 1.37. The number of nitrogens with one attached hydrogen (secondary N) is 1. The van der Waals surface area contributed by atoms with Crippen LogP contribution in [0.25, 0.3) is 0 Å². The van der Waals surface area contributed by atoms with E-state index in [1.54, 1.807) is 0 Å². The van der Waals surface area contributed by atoms with Crippen LogP contribution in [-0.2, 0) is 18.4 Å². The van der Waals surface area contributed by atoms with E-state index in [0.717, 1.165) is 28.6 Å². The maximum Gasteiger partial charge on any atom is 0.267 e. The predicted molar refractivity (Wildman–Crippen MR) is 120 cm³/mol. The normalized spacial score (nSPS) is 11.3. The van der Waals surface area contributed by atoms with E-state index in [2.05, 4.69) is 50.1 Å². The highest BCUT2D eigenvalue weighted by molar-refractivity contribution is 7.13. The number of thiazole rings is 1. The van der Waals surface area contributed by atoms with Gasteiger partial charge in [-0.1, -0.05) is 52.0 Å². The number of benzene rings is 2. The van der Waals surface area contributed by atoms with E-state index >= 15 is 0 Å². The van der Waals surface area contributed by atoms with Crippen molar-refractivity contribution in [3.8, 4) is 5.75 Å². The van der Waals surface area contributed by atoms with E-state index < -0.39 is 0 Å². The molecule has 1 heterocycles. The number of amides is 1. The van der Waals surface area contributed by atoms with E-state index in [0.29, 0.717) is 11.5 Å². The second kappa shape index (κ2) is 8.78. The number of hydrogen-bond acceptors (Lipinski definition) is 4. The molecular weight excluding hydrogens is 380 g/mol. The van der Waals surface area contributed by atoms with Crippen molar-refractivity contribution in [2.24, 2.45) is 0 Å². The highest BCUT2D eigenvalue weighted by atomic mass is 32.1. The Labute approximate surface area is 177 Å². The van der Waals surface area contributed by atoms with Gasteiger partial charge in [0.25, 0.3) is 5.91 Å². The Balaban J connectivity index is 1.62. The number of carbonyl (C=O) groups is 1. The van der Waals surface area contributed by atoms with Gasteiger partial charge in [0.05, 0.1) is 5.69 Å². The molecule has 1 amide bonds. The molecule has 1 N–H and O–H groups in total. The van der Waals surface area contributed by atoms with Crippen molar-refractivity contribution in [2.75, 3.05) is 5.32 Å². The zero-order valence-electron chi connectivity index (χ0n) is 17.7. The van der Waals surface area contributed by atoms with Crippen molar-refractivity contribution in [2.45, 2.75) is 53.1 Å². The summed E-state index contributed by atoms with van der Waals surface area (Å²) in [6.07, 6.45) is 0.977. The van der Waals surface area contributed by atoms with Gasteiger partial charge in [0.1, 0.15) is 22.2 Å². The SMILES string of the molecule is CCc1ccc(NC(=O)c2sc(COc3ccc(C(C)(C)C)cc3)nc2C)cc1. The molecule has 3 rings (SSSR count). The number of ether oxygens (including phenoxy) is 1. The fraction of sp³-hybridized carbons (Fsp3) is 0.333. The van der Waals surface area contributed by atoms with Crippen LogP contribution in [-0.4, -0.2) is 10.9 Å². The maximum absolute atomic E-state index is 12.6. The monoisotopic (exact) mass is 408 g/mol. The summed E-state index contributed by atoms with van der Waals surface area (Å²) in [6, 6.07) is 16.1. The molecule has 3 aromatic rings. The minimum absolute atomic E-state index is 0.115. The number of anilines is 1. The molecule has 1 aromatic heterocycles. The van der Waals surface area contributed by atoms with Gasteiger partial charge in [-0.3, -0.25) is 4.79 Å². The van der Waals surface area contributed by atoms with Crippen LogP contribution in [0.2, 0.25) is 0 Å². The lowest BCUT2D eigenvalue weighted by Crippen LogP contribution is -2.11. The molecular formula is C24H28N2O2S. The zero-order chi connectivity index (χ0) is 21.0. The van der Waals surface area contributed by atoms with Crippen molar-refractivity contribution in [3.63, 3.8) is 0 Å². The fourth-order valence-electron chi connectivity index (χ4n) is 2.93. The fourth-order valence-corrected chi connectivity index (χ4v) is 3.81. The molecule has 5 heteroatoms. The average molecular weight is 409 g/mol. The van der Waals surface area contributed by atoms with Gasteiger partial charge < -0.3 is 10.1 Å². The van der Waals surface area contributed by atoms with Gasteiger partial charge in [-0.2, -0.15) is 0 Å². The van der Waals surface area contributed by atoms with Gasteiger partial charge in [0, 0.05) is 5.69 Å². The Morgan fingerprint density at radius 1 is 1.07 bits per heavy atom. The Morgan fingerprint density at radius 2 is 1.72 bits per heavy atom. The van der Waals surface area contributed by atoms with Gasteiger partial charge in [-0.15, -0.1) is 11.3 Å². The van der Waals surface area contributed by atoms with Crippen LogP contribution in [0.15, 0.2) is 48.5 Å². The van der Waals surface area contributed by atoms with Crippen molar-refractivity contribution in [1.29, 1.82) is 0 Å². The first kappa shape index (κ1) is 21.1. The molecule has 152 valence electrons. The molecule has 0 saturated carbocycles. The van der Waals surface area contributed by atoms with Crippen LogP contribution in [0.3, 0.4) is 0 Å². The number of rotatable bonds is 6. The molecule has 0 unspecified atom stereocenters. The molecule has 0 spiro atoms. The lowest BCUT2D eigenvalue weighted by atomic mass is 9.87. The summed E-state index contributed by atoms with van der Waals surface area (Å²) in [4.78, 5) is 17.7. The van der Waals surface area contributed by atoms with Crippen LogP contribution in [0, 0.1) is 6.92 Å². The average Bonchev–Trinajstić information content (AvgIpc) is 3.07. The largest absolute Gasteiger partial charge is 0.486 e. The van der Waals surface area contributed by atoms with Crippen molar-refractivity contribution >= 4 is 22.9 Å². The standard InChI is InChI=1S/C24H28N2O2S/c1-6-17-7-11-19(12-8-17)26-23(27)22-16(2)25-21(29-22)15-28-20-13-9-18(10-14-20)24(3,4)5/h7-14H,6,15H2,1-5H3,(H,26,27). The van der Waals surface area contributed by atoms with E-state index in [-0.39, 0.29) is 11.3 Å². The highest BCUT2D eigenvalue weighted by Crippen LogP contribution is 2.26. The molecule has 4 nitrogen and oxygen atoms in total. The van der Waals surface area contributed by atoms with Crippen molar-refractivity contribution in [1.82, 2.24) is 4.98 Å². The second-order valence-corrected chi connectivity index (χ2v) is 9.17. The Morgan fingerprint density at radius 3 is 2.31 bits per heavy atom. The third-order valence-corrected chi connectivity index (χ3v) is 5.88. The van der Waals surface area contributed by atoms with Gasteiger partial charge in [0.15, 0.2) is 0 Å². The second-order valence-electron chi connectivity index (χ2n) is 8.09. The first-order valence-electron chi connectivity index (χ1n) is 9.86. The number of aromatic nitrogens is 1. The molecule has 0 bridgehead atoms. The molecule has 29 heavy (non-hydrogen) atoms. The number of aryl methyl sites for hydroxylation is 2. The molecule has 0 radical (unpaired) electrons.